The van der Waals surface area contributed by atoms with Crippen molar-refractivity contribution in [1.82, 2.24) is 0 Å². The molecule has 0 aromatic heterocycles. The van der Waals surface area contributed by atoms with Crippen LogP contribution in [0, 0.1) is 34.6 Å². The highest BCUT2D eigenvalue weighted by molar-refractivity contribution is 6.57. The molecular weight excluding hydrogens is 1300 g/mol. The van der Waals surface area contributed by atoms with Gasteiger partial charge in [0, 0.05) is 62.2 Å². The lowest BCUT2D eigenvalue weighted by Crippen LogP contribution is -2.38. The molecule has 504 valence electrons. The Bertz CT molecular complexity index is 5240. The Morgan fingerprint density at radius 2 is 0.587 bits per heavy atom. The molecule has 1 aliphatic rings. The Morgan fingerprint density at radius 3 is 1.00 bits per heavy atom. The average molecular weight is 1360 g/mol. The van der Waals surface area contributed by atoms with E-state index in [0.29, 0.717) is 17.7 Å². The van der Waals surface area contributed by atoms with Gasteiger partial charge in [-0.05, 0) is 188 Å². The van der Waals surface area contributed by atoms with Crippen LogP contribution in [0.15, 0.2) is 212 Å². The monoisotopic (exact) mass is 1360 g/mol. The molecule has 13 rings (SSSR count). The van der Waals surface area contributed by atoms with Crippen LogP contribution in [0.5, 0.6) is 69.0 Å². The molecule has 1 aliphatic carbocycles. The van der Waals surface area contributed by atoms with Crippen molar-refractivity contribution in [1.29, 1.82) is 0 Å². The minimum atomic E-state index is -1.26. The Kier molecular flexibility index (Phi) is 18.5. The number of hydrogen-bond donors (Lipinski definition) is 12. The molecule has 0 unspecified atom stereocenters. The topological polar surface area (TPSA) is 256 Å². The van der Waals surface area contributed by atoms with Crippen LogP contribution in [0.25, 0.3) is 39.0 Å². The highest BCUT2D eigenvalue weighted by Gasteiger charge is 2.38. The number of phenols is 12. The van der Waals surface area contributed by atoms with E-state index in [2.05, 4.69) is 9.80 Å². The molecule has 0 saturated carbocycles. The van der Waals surface area contributed by atoms with E-state index in [9.17, 15) is 61.3 Å². The molecule has 21 heteroatoms. The van der Waals surface area contributed by atoms with Gasteiger partial charge in [-0.2, -0.15) is 0 Å². The van der Waals surface area contributed by atoms with Crippen LogP contribution in [-0.4, -0.2) is 101 Å². The first kappa shape index (κ1) is 69.7. The van der Waals surface area contributed by atoms with Gasteiger partial charge in [0.2, 0.25) is 0 Å². The van der Waals surface area contributed by atoms with E-state index in [0.717, 1.165) is 56.4 Å². The predicted molar refractivity (Wildman–Crippen MR) is 418 cm³/mol. The summed E-state index contributed by atoms with van der Waals surface area (Å²) in [5.41, 5.74) is 3.44. The van der Waals surface area contributed by atoms with E-state index < -0.39 is 119 Å². The summed E-state index contributed by atoms with van der Waals surface area (Å²) >= 11 is 0. The lowest BCUT2D eigenvalue weighted by molar-refractivity contribution is 0.376. The first-order chi connectivity index (χ1) is 49.8. The smallest absolute Gasteiger partial charge is 0.182 e. The fourth-order valence-electron chi connectivity index (χ4n) is 13.8. The van der Waals surface area contributed by atoms with Crippen molar-refractivity contribution in [3.05, 3.63) is 245 Å². The zero-order valence-electron chi connectivity index (χ0n) is 57.1. The number of hydrogen-bond acceptors (Lipinski definition) is 16. The van der Waals surface area contributed by atoms with Gasteiger partial charge in [0.05, 0.1) is 39.4 Å². The highest BCUT2D eigenvalue weighted by atomic mass is 16.3. The van der Waals surface area contributed by atoms with Crippen molar-refractivity contribution in [3.63, 3.8) is 0 Å². The summed E-state index contributed by atoms with van der Waals surface area (Å²) in [4.78, 5) is 6.90. The molecular formula is C83H65B5N4O12. The second-order valence-electron chi connectivity index (χ2n) is 25.4. The SMILES string of the molecule is [B]c1c(O)c(C)c(N(C2=CC=C(c3ccc(N(c4ccccc4)c4ccccc4)cc3)CC2)c2c(C)c(O)c(-c3c(O)c(O)c(-c4c([B])c([B])c(N(c5ccc(-c6ccc(N(c7ccccc7)c7ccccc7)cc6)cc5)c5c([B])c(C)c(C)c(O)c5O)c(O)c4[B])c(O)c3O)c(O)c2C)c(O)c1O. The lowest BCUT2D eigenvalue weighted by atomic mass is 9.68. The zero-order valence-corrected chi connectivity index (χ0v) is 57.1. The molecule has 0 aliphatic heterocycles. The third-order valence-electron chi connectivity index (χ3n) is 19.5. The molecule has 0 fully saturated rings. The summed E-state index contributed by atoms with van der Waals surface area (Å²) in [6, 6.07) is 62.4. The van der Waals surface area contributed by atoms with Gasteiger partial charge in [0.25, 0.3) is 0 Å². The molecule has 10 radical (unpaired) electrons. The molecule has 0 bridgehead atoms. The average Bonchev–Trinajstić information content (AvgIpc) is 0.724. The first-order valence-corrected chi connectivity index (χ1v) is 33.0. The number of allylic oxidation sites excluding steroid dienone is 4. The van der Waals surface area contributed by atoms with Crippen molar-refractivity contribution >= 4 is 135 Å². The molecule has 0 spiro atoms. The predicted octanol–water partition coefficient (Wildman–Crippen LogP) is 14.0. The molecule has 0 amide bonds. The number of nitrogens with zero attached hydrogens (tertiary/aromatic N) is 4. The van der Waals surface area contributed by atoms with Crippen molar-refractivity contribution in [2.24, 2.45) is 0 Å². The molecule has 12 aromatic rings. The van der Waals surface area contributed by atoms with Gasteiger partial charge in [-0.3, -0.25) is 0 Å². The van der Waals surface area contributed by atoms with Crippen LogP contribution >= 0.6 is 0 Å². The van der Waals surface area contributed by atoms with Gasteiger partial charge in [-0.25, -0.2) is 0 Å². The number of aromatic hydroxyl groups is 12. The standard InChI is InChI=1S/C83H65B5N4O12/c1-42-43(2)75(96)83(104)70(63(42)84)92(58-40-32-50(33-41-58)48-28-36-56(37-29-48)90(53-22-14-8-15-23-53)54-24-16-9-17-25-54)71-66(87)64(85)59(65(86)80(71)101)60-76(97)78(99)62(79(100)77(60)98)61-72(93)44(3)68(45(4)73(61)94)91(69-46(5)74(95)67(88)81(102)82(69)103)57-38-30-49(31-39-57)47-26-34-55(35-27-47)89(51-18-10-6-11-19-51)52-20-12-7-13-21-52/h6-30,32-38,40-41,93-104H,31,39H2,1-5H3. The fourth-order valence-corrected chi connectivity index (χ4v) is 13.8. The summed E-state index contributed by atoms with van der Waals surface area (Å²) < 4.78 is 0. The minimum Gasteiger partial charge on any atom is -0.508 e. The van der Waals surface area contributed by atoms with Gasteiger partial charge >= 0.3 is 0 Å². The van der Waals surface area contributed by atoms with E-state index in [1.54, 1.807) is 44.2 Å². The molecule has 12 N–H and O–H groups in total. The summed E-state index contributed by atoms with van der Waals surface area (Å²) in [6.07, 6.45) is 4.21. The van der Waals surface area contributed by atoms with Gasteiger partial charge in [0.1, 0.15) is 62.2 Å². The normalized spacial score (nSPS) is 12.0. The van der Waals surface area contributed by atoms with Crippen molar-refractivity contribution in [3.8, 4) is 102 Å². The van der Waals surface area contributed by atoms with E-state index in [4.69, 9.17) is 39.2 Å². The Morgan fingerprint density at radius 1 is 0.231 bits per heavy atom. The molecule has 12 aromatic carbocycles. The second-order valence-corrected chi connectivity index (χ2v) is 25.4. The Balaban J connectivity index is 0.886. The van der Waals surface area contributed by atoms with Crippen molar-refractivity contribution in [2.75, 3.05) is 19.6 Å². The van der Waals surface area contributed by atoms with Crippen LogP contribution in [0.3, 0.4) is 0 Å². The first-order valence-electron chi connectivity index (χ1n) is 33.0. The fraction of sp³-hybridized carbons (Fsp3) is 0.0843. The quantitative estimate of drug-likeness (QED) is 0.0244. The number of rotatable bonds is 16. The van der Waals surface area contributed by atoms with Gasteiger partial charge in [0.15, 0.2) is 46.0 Å². The number of para-hydroxylation sites is 4. The maximum Gasteiger partial charge on any atom is 0.182 e. The summed E-state index contributed by atoms with van der Waals surface area (Å²) in [7, 11) is 33.6. The summed E-state index contributed by atoms with van der Waals surface area (Å²) in [5.74, 6) is -11.1. The van der Waals surface area contributed by atoms with Crippen LogP contribution in [0.2, 0.25) is 0 Å². The second kappa shape index (κ2) is 27.6. The highest BCUT2D eigenvalue weighted by Crippen LogP contribution is 2.61. The van der Waals surface area contributed by atoms with Crippen LogP contribution in [-0.2, 0) is 0 Å². The summed E-state index contributed by atoms with van der Waals surface area (Å²) in [6.45, 7) is 7.40. The minimum absolute atomic E-state index is 0.0197. The largest absolute Gasteiger partial charge is 0.508 e. The third-order valence-corrected chi connectivity index (χ3v) is 19.5. The maximum atomic E-state index is 12.5. The van der Waals surface area contributed by atoms with Crippen LogP contribution in [0.1, 0.15) is 46.2 Å². The molecule has 0 saturated heterocycles. The van der Waals surface area contributed by atoms with Crippen LogP contribution < -0.4 is 46.9 Å². The Labute approximate surface area is 607 Å². The van der Waals surface area contributed by atoms with Gasteiger partial charge in [-0.1, -0.05) is 132 Å². The van der Waals surface area contributed by atoms with E-state index in [1.807, 2.05) is 176 Å². The zero-order chi connectivity index (χ0) is 74.0. The van der Waals surface area contributed by atoms with Gasteiger partial charge in [-0.15, -0.1) is 0 Å². The number of anilines is 11. The maximum absolute atomic E-state index is 12.5. The Hall–Kier alpha value is -12.8. The molecule has 0 atom stereocenters. The van der Waals surface area contributed by atoms with Crippen LogP contribution in [0.4, 0.5) is 62.6 Å². The summed E-state index contributed by atoms with van der Waals surface area (Å²) in [5, 5.41) is 144. The molecule has 16 nitrogen and oxygen atoms in total. The van der Waals surface area contributed by atoms with Crippen molar-refractivity contribution in [2.45, 2.75) is 47.5 Å². The van der Waals surface area contributed by atoms with E-state index in [1.165, 1.54) is 30.6 Å². The van der Waals surface area contributed by atoms with Gasteiger partial charge < -0.3 is 80.9 Å². The third kappa shape index (κ3) is 11.7. The lowest BCUT2D eigenvalue weighted by Gasteiger charge is -2.35. The number of benzene rings is 12. The van der Waals surface area contributed by atoms with E-state index >= 15 is 0 Å². The molecule has 0 heterocycles. The van der Waals surface area contributed by atoms with Crippen molar-refractivity contribution < 1.29 is 61.3 Å². The van der Waals surface area contributed by atoms with E-state index in [-0.39, 0.29) is 56.9 Å². The number of phenolic OH excluding ortho intramolecular Hbond substituents is 12. The molecule has 104 heavy (non-hydrogen) atoms.